The number of rotatable bonds is 2. The Morgan fingerprint density at radius 2 is 2.00 bits per heavy atom. The van der Waals surface area contributed by atoms with Crippen molar-refractivity contribution in [3.05, 3.63) is 23.8 Å². The van der Waals surface area contributed by atoms with Crippen LogP contribution in [-0.4, -0.2) is 33.0 Å². The quantitative estimate of drug-likeness (QED) is 0.752. The van der Waals surface area contributed by atoms with Gasteiger partial charge in [0.15, 0.2) is 11.5 Å². The lowest BCUT2D eigenvalue weighted by Gasteiger charge is -2.38. The number of hydrogen-bond donors (Lipinski definition) is 3. The van der Waals surface area contributed by atoms with Crippen LogP contribution in [0.3, 0.4) is 0 Å². The maximum absolute atomic E-state index is 11.8. The fraction of sp³-hybridized carbons (Fsp3) is 0.500. The van der Waals surface area contributed by atoms with E-state index in [0.717, 1.165) is 43.0 Å². The van der Waals surface area contributed by atoms with E-state index in [1.165, 1.54) is 0 Å². The molecule has 2 aliphatic heterocycles. The topological polar surface area (TPSA) is 71.6 Å². The molecule has 3 rings (SSSR count). The highest BCUT2D eigenvalue weighted by Crippen LogP contribution is 2.38. The second-order valence-corrected chi connectivity index (χ2v) is 5.10. The van der Waals surface area contributed by atoms with Gasteiger partial charge in [-0.3, -0.25) is 0 Å². The fourth-order valence-corrected chi connectivity index (χ4v) is 2.81. The van der Waals surface area contributed by atoms with Crippen LogP contribution in [-0.2, 0) is 5.54 Å². The molecule has 0 radical (unpaired) electrons. The van der Waals surface area contributed by atoms with Gasteiger partial charge in [0, 0.05) is 7.05 Å². The van der Waals surface area contributed by atoms with Crippen molar-refractivity contribution in [3.8, 4) is 11.5 Å². The van der Waals surface area contributed by atoms with Crippen LogP contribution in [0.15, 0.2) is 18.2 Å². The summed E-state index contributed by atoms with van der Waals surface area (Å²) in [6.45, 7) is 2.01. The molecule has 108 valence electrons. The molecule has 2 amide bonds. The summed E-state index contributed by atoms with van der Waals surface area (Å²) in [4.78, 5) is 11.8. The molecule has 6 heteroatoms. The van der Waals surface area contributed by atoms with E-state index in [4.69, 9.17) is 9.47 Å². The van der Waals surface area contributed by atoms with Gasteiger partial charge in [0.1, 0.15) is 0 Å². The average Bonchev–Trinajstić information content (AvgIpc) is 2.95. The molecule has 1 aromatic carbocycles. The van der Waals surface area contributed by atoms with Gasteiger partial charge in [-0.1, -0.05) is 6.07 Å². The molecule has 0 atom stereocenters. The predicted molar refractivity (Wildman–Crippen MR) is 73.9 cm³/mol. The van der Waals surface area contributed by atoms with Crippen molar-refractivity contribution < 1.29 is 14.3 Å². The maximum atomic E-state index is 11.8. The number of hydrogen-bond acceptors (Lipinski definition) is 4. The third-order valence-electron chi connectivity index (χ3n) is 3.96. The van der Waals surface area contributed by atoms with Crippen LogP contribution in [0.1, 0.15) is 18.4 Å². The van der Waals surface area contributed by atoms with Crippen LogP contribution in [0.4, 0.5) is 4.79 Å². The molecule has 1 fully saturated rings. The van der Waals surface area contributed by atoms with Crippen molar-refractivity contribution >= 4 is 6.03 Å². The third kappa shape index (κ3) is 2.27. The first-order chi connectivity index (χ1) is 9.73. The molecular weight excluding hydrogens is 258 g/mol. The number of piperidine rings is 1. The predicted octanol–water partition coefficient (Wildman–Crippen LogP) is 0.923. The van der Waals surface area contributed by atoms with Crippen molar-refractivity contribution in [2.24, 2.45) is 0 Å². The van der Waals surface area contributed by atoms with Gasteiger partial charge < -0.3 is 25.4 Å². The second-order valence-electron chi connectivity index (χ2n) is 5.10. The molecule has 2 aliphatic rings. The van der Waals surface area contributed by atoms with Crippen molar-refractivity contribution in [1.82, 2.24) is 16.0 Å². The van der Waals surface area contributed by atoms with Gasteiger partial charge in [-0.25, -0.2) is 4.79 Å². The van der Waals surface area contributed by atoms with Gasteiger partial charge in [-0.15, -0.1) is 0 Å². The van der Waals surface area contributed by atoms with Crippen LogP contribution in [0.5, 0.6) is 11.5 Å². The monoisotopic (exact) mass is 277 g/mol. The highest BCUT2D eigenvalue weighted by Gasteiger charge is 2.36. The fourth-order valence-electron chi connectivity index (χ4n) is 2.81. The Bertz CT molecular complexity index is 512. The summed E-state index contributed by atoms with van der Waals surface area (Å²) in [6.07, 6.45) is 1.69. The lowest BCUT2D eigenvalue weighted by molar-refractivity contribution is 0.173. The first kappa shape index (κ1) is 13.1. The standard InChI is InChI=1S/C14H19N3O3/c1-15-13(18)17-14(4-6-16-7-5-14)10-2-3-11-12(8-10)20-9-19-11/h2-3,8,16H,4-7,9H2,1H3,(H2,15,17,18). The number of carbonyl (C=O) groups excluding carboxylic acids is 1. The zero-order chi connectivity index (χ0) is 14.0. The van der Waals surface area contributed by atoms with E-state index in [-0.39, 0.29) is 18.4 Å². The zero-order valence-corrected chi connectivity index (χ0v) is 11.5. The number of fused-ring (bicyclic) bond motifs is 1. The van der Waals surface area contributed by atoms with Gasteiger partial charge >= 0.3 is 6.03 Å². The SMILES string of the molecule is CNC(=O)NC1(c2ccc3c(c2)OCO3)CCNCC1. The van der Waals surface area contributed by atoms with Crippen molar-refractivity contribution in [1.29, 1.82) is 0 Å². The molecule has 0 unspecified atom stereocenters. The molecule has 0 saturated carbocycles. The van der Waals surface area contributed by atoms with Crippen molar-refractivity contribution in [3.63, 3.8) is 0 Å². The van der Waals surface area contributed by atoms with E-state index in [0.29, 0.717) is 0 Å². The summed E-state index contributed by atoms with van der Waals surface area (Å²) in [5, 5.41) is 9.06. The summed E-state index contributed by atoms with van der Waals surface area (Å²) < 4.78 is 10.8. The minimum absolute atomic E-state index is 0.162. The van der Waals surface area contributed by atoms with Gasteiger partial charge in [0.05, 0.1) is 5.54 Å². The number of carbonyl (C=O) groups is 1. The summed E-state index contributed by atoms with van der Waals surface area (Å²) in [5.74, 6) is 1.51. The molecule has 0 aromatic heterocycles. The summed E-state index contributed by atoms with van der Waals surface area (Å²) in [7, 11) is 1.63. The first-order valence-electron chi connectivity index (χ1n) is 6.84. The van der Waals surface area contributed by atoms with E-state index in [1.54, 1.807) is 7.05 Å². The third-order valence-corrected chi connectivity index (χ3v) is 3.96. The minimum Gasteiger partial charge on any atom is -0.454 e. The van der Waals surface area contributed by atoms with Gasteiger partial charge in [0.25, 0.3) is 0 Å². The smallest absolute Gasteiger partial charge is 0.315 e. The van der Waals surface area contributed by atoms with Crippen LogP contribution < -0.4 is 25.4 Å². The molecule has 0 spiro atoms. The Hall–Kier alpha value is -1.95. The highest BCUT2D eigenvalue weighted by atomic mass is 16.7. The zero-order valence-electron chi connectivity index (χ0n) is 11.5. The first-order valence-corrected chi connectivity index (χ1v) is 6.84. The number of benzene rings is 1. The molecule has 1 saturated heterocycles. The number of amides is 2. The van der Waals surface area contributed by atoms with E-state index in [9.17, 15) is 4.79 Å². The summed E-state index contributed by atoms with van der Waals surface area (Å²) in [6, 6.07) is 5.73. The Labute approximate surface area is 117 Å². The molecule has 0 bridgehead atoms. The van der Waals surface area contributed by atoms with Crippen molar-refractivity contribution in [2.45, 2.75) is 18.4 Å². The Balaban J connectivity index is 1.94. The van der Waals surface area contributed by atoms with E-state index in [2.05, 4.69) is 16.0 Å². The largest absolute Gasteiger partial charge is 0.454 e. The summed E-state index contributed by atoms with van der Waals surface area (Å²) >= 11 is 0. The Morgan fingerprint density at radius 1 is 1.25 bits per heavy atom. The second kappa shape index (κ2) is 5.20. The molecule has 2 heterocycles. The van der Waals surface area contributed by atoms with E-state index >= 15 is 0 Å². The lowest BCUT2D eigenvalue weighted by atomic mass is 9.81. The molecule has 20 heavy (non-hydrogen) atoms. The van der Waals surface area contributed by atoms with Gasteiger partial charge in [-0.2, -0.15) is 0 Å². The Morgan fingerprint density at radius 3 is 2.75 bits per heavy atom. The highest BCUT2D eigenvalue weighted by molar-refractivity contribution is 5.75. The minimum atomic E-state index is -0.355. The molecule has 3 N–H and O–H groups in total. The van der Waals surface area contributed by atoms with Crippen LogP contribution >= 0.6 is 0 Å². The molecule has 6 nitrogen and oxygen atoms in total. The summed E-state index contributed by atoms with van der Waals surface area (Å²) in [5.41, 5.74) is 0.707. The number of nitrogens with one attached hydrogen (secondary N) is 3. The van der Waals surface area contributed by atoms with E-state index < -0.39 is 0 Å². The number of ether oxygens (including phenoxy) is 2. The number of urea groups is 1. The molecular formula is C14H19N3O3. The van der Waals surface area contributed by atoms with Crippen LogP contribution in [0.25, 0.3) is 0 Å². The van der Waals surface area contributed by atoms with Gasteiger partial charge in [0.2, 0.25) is 6.79 Å². The average molecular weight is 277 g/mol. The molecule has 1 aromatic rings. The maximum Gasteiger partial charge on any atom is 0.315 e. The normalized spacial score (nSPS) is 19.4. The molecule has 0 aliphatic carbocycles. The Kier molecular flexibility index (Phi) is 3.40. The van der Waals surface area contributed by atoms with Gasteiger partial charge in [-0.05, 0) is 43.6 Å². The van der Waals surface area contributed by atoms with Crippen molar-refractivity contribution in [2.75, 3.05) is 26.9 Å². The van der Waals surface area contributed by atoms with E-state index in [1.807, 2.05) is 18.2 Å². The van der Waals surface area contributed by atoms with Crippen LogP contribution in [0.2, 0.25) is 0 Å². The van der Waals surface area contributed by atoms with Crippen LogP contribution in [0, 0.1) is 0 Å². The lowest BCUT2D eigenvalue weighted by Crippen LogP contribution is -2.54.